The maximum Gasteiger partial charge on any atom is 0.203 e. The van der Waals surface area contributed by atoms with Crippen LogP contribution in [0.2, 0.25) is 0 Å². The van der Waals surface area contributed by atoms with Gasteiger partial charge in [0, 0.05) is 12.6 Å². The van der Waals surface area contributed by atoms with E-state index in [0.29, 0.717) is 11.0 Å². The predicted octanol–water partition coefficient (Wildman–Crippen LogP) is 3.90. The molecular formula is C18H16N6OS2. The van der Waals surface area contributed by atoms with Gasteiger partial charge in [-0.1, -0.05) is 13.0 Å². The summed E-state index contributed by atoms with van der Waals surface area (Å²) < 4.78 is 12.4. The minimum absolute atomic E-state index is 0.670. The fourth-order valence-electron chi connectivity index (χ4n) is 2.46. The van der Waals surface area contributed by atoms with Crippen LogP contribution < -0.4 is 4.74 Å². The zero-order chi connectivity index (χ0) is 18.6. The minimum Gasteiger partial charge on any atom is -0.497 e. The molecule has 0 saturated heterocycles. The maximum absolute atomic E-state index is 5.27. The molecule has 3 aromatic heterocycles. The van der Waals surface area contributed by atoms with E-state index in [-0.39, 0.29) is 0 Å². The number of benzene rings is 1. The Bertz CT molecular complexity index is 1030. The summed E-state index contributed by atoms with van der Waals surface area (Å²) in [7, 11) is 1.65. The summed E-state index contributed by atoms with van der Waals surface area (Å²) in [5, 5.41) is 9.48. The number of rotatable bonds is 6. The number of aromatic nitrogens is 6. The van der Waals surface area contributed by atoms with Gasteiger partial charge in [0.1, 0.15) is 17.3 Å². The van der Waals surface area contributed by atoms with E-state index in [1.807, 2.05) is 54.0 Å². The van der Waals surface area contributed by atoms with Gasteiger partial charge in [0.05, 0.1) is 12.8 Å². The molecule has 0 aliphatic carbocycles. The van der Waals surface area contributed by atoms with Crippen LogP contribution in [-0.2, 0) is 6.42 Å². The summed E-state index contributed by atoms with van der Waals surface area (Å²) in [5.41, 5.74) is 1.67. The van der Waals surface area contributed by atoms with Crippen LogP contribution in [-0.4, -0.2) is 36.2 Å². The second kappa shape index (κ2) is 7.85. The molecule has 0 aliphatic rings. The first-order valence-electron chi connectivity index (χ1n) is 8.30. The van der Waals surface area contributed by atoms with Crippen molar-refractivity contribution in [3.63, 3.8) is 0 Å². The van der Waals surface area contributed by atoms with Crippen LogP contribution in [0.4, 0.5) is 0 Å². The number of methoxy groups -OCH3 is 1. The van der Waals surface area contributed by atoms with E-state index in [0.717, 1.165) is 33.7 Å². The molecule has 0 bridgehead atoms. The Morgan fingerprint density at radius 1 is 1.11 bits per heavy atom. The molecule has 0 aliphatic heterocycles. The molecular weight excluding hydrogens is 380 g/mol. The van der Waals surface area contributed by atoms with Crippen molar-refractivity contribution in [1.29, 1.82) is 0 Å². The first-order valence-corrected chi connectivity index (χ1v) is 9.89. The summed E-state index contributed by atoms with van der Waals surface area (Å²) in [4.78, 5) is 8.95. The molecule has 1 aromatic carbocycles. The monoisotopic (exact) mass is 396 g/mol. The van der Waals surface area contributed by atoms with Crippen molar-refractivity contribution in [2.45, 2.75) is 22.8 Å². The van der Waals surface area contributed by atoms with E-state index < -0.39 is 0 Å². The first-order chi connectivity index (χ1) is 13.3. The Morgan fingerprint density at radius 2 is 1.96 bits per heavy atom. The van der Waals surface area contributed by atoms with Crippen LogP contribution in [0.15, 0.2) is 58.2 Å². The smallest absolute Gasteiger partial charge is 0.203 e. The van der Waals surface area contributed by atoms with Crippen molar-refractivity contribution in [3.05, 3.63) is 54.5 Å². The summed E-state index contributed by atoms with van der Waals surface area (Å²) in [6.07, 6.45) is 2.55. The molecule has 0 amide bonds. The molecule has 3 heterocycles. The number of hydrogen-bond donors (Lipinski definition) is 0. The highest BCUT2D eigenvalue weighted by Gasteiger charge is 2.19. The molecule has 0 radical (unpaired) electrons. The number of nitrogens with zero attached hydrogens (tertiary/aromatic N) is 6. The van der Waals surface area contributed by atoms with E-state index in [1.165, 1.54) is 23.3 Å². The Balaban J connectivity index is 1.79. The molecule has 136 valence electrons. The SMILES string of the molecule is CCc1nsc(Sc2nnc(-c3ccccn3)n2-c2ccc(OC)cc2)n1. The summed E-state index contributed by atoms with van der Waals surface area (Å²) in [6.45, 7) is 2.04. The second-order valence-corrected chi connectivity index (χ2v) is 7.45. The number of aryl methyl sites for hydroxylation is 1. The fourth-order valence-corrected chi connectivity index (χ4v) is 4.12. The Kier molecular flexibility index (Phi) is 5.12. The van der Waals surface area contributed by atoms with Crippen molar-refractivity contribution in [3.8, 4) is 23.0 Å². The van der Waals surface area contributed by atoms with Crippen LogP contribution in [0.1, 0.15) is 12.7 Å². The van der Waals surface area contributed by atoms with Crippen molar-refractivity contribution >= 4 is 23.3 Å². The average Bonchev–Trinajstić information content (AvgIpc) is 3.36. The number of ether oxygens (including phenoxy) is 1. The highest BCUT2D eigenvalue weighted by Crippen LogP contribution is 2.33. The first kappa shape index (κ1) is 17.6. The zero-order valence-electron chi connectivity index (χ0n) is 14.7. The van der Waals surface area contributed by atoms with Crippen molar-refractivity contribution < 1.29 is 4.74 Å². The average molecular weight is 397 g/mol. The predicted molar refractivity (Wildman–Crippen MR) is 105 cm³/mol. The van der Waals surface area contributed by atoms with Crippen LogP contribution in [0, 0.1) is 0 Å². The molecule has 27 heavy (non-hydrogen) atoms. The van der Waals surface area contributed by atoms with E-state index in [4.69, 9.17) is 4.74 Å². The lowest BCUT2D eigenvalue weighted by molar-refractivity contribution is 0.414. The highest BCUT2D eigenvalue weighted by atomic mass is 32.2. The van der Waals surface area contributed by atoms with Gasteiger partial charge in [0.15, 0.2) is 10.2 Å². The molecule has 0 spiro atoms. The third-order valence-corrected chi connectivity index (χ3v) is 5.54. The molecule has 4 aromatic rings. The van der Waals surface area contributed by atoms with Crippen LogP contribution in [0.5, 0.6) is 5.75 Å². The van der Waals surface area contributed by atoms with Gasteiger partial charge in [-0.2, -0.15) is 4.37 Å². The van der Waals surface area contributed by atoms with Gasteiger partial charge in [0.2, 0.25) is 5.16 Å². The quantitative estimate of drug-likeness (QED) is 0.489. The molecule has 0 fully saturated rings. The Labute approximate surface area is 164 Å². The van der Waals surface area contributed by atoms with Gasteiger partial charge in [-0.3, -0.25) is 9.55 Å². The molecule has 4 rings (SSSR count). The van der Waals surface area contributed by atoms with Gasteiger partial charge in [0.25, 0.3) is 0 Å². The summed E-state index contributed by atoms with van der Waals surface area (Å²) in [6, 6.07) is 13.5. The zero-order valence-corrected chi connectivity index (χ0v) is 16.4. The normalized spacial score (nSPS) is 10.9. The molecule has 0 atom stereocenters. The van der Waals surface area contributed by atoms with E-state index in [1.54, 1.807) is 13.3 Å². The van der Waals surface area contributed by atoms with E-state index in [9.17, 15) is 0 Å². The van der Waals surface area contributed by atoms with Crippen LogP contribution in [0.25, 0.3) is 17.2 Å². The van der Waals surface area contributed by atoms with Crippen molar-refractivity contribution in [2.75, 3.05) is 7.11 Å². The molecule has 0 saturated carbocycles. The van der Waals surface area contributed by atoms with Gasteiger partial charge >= 0.3 is 0 Å². The lowest BCUT2D eigenvalue weighted by Gasteiger charge is -2.10. The fraction of sp³-hybridized carbons (Fsp3) is 0.167. The van der Waals surface area contributed by atoms with Crippen molar-refractivity contribution in [1.82, 2.24) is 29.1 Å². The third-order valence-electron chi connectivity index (χ3n) is 3.80. The van der Waals surface area contributed by atoms with Gasteiger partial charge in [-0.25, -0.2) is 4.98 Å². The Hall–Kier alpha value is -2.78. The van der Waals surface area contributed by atoms with E-state index in [2.05, 4.69) is 24.5 Å². The van der Waals surface area contributed by atoms with Gasteiger partial charge < -0.3 is 4.74 Å². The lowest BCUT2D eigenvalue weighted by Crippen LogP contribution is -2.00. The number of pyridine rings is 1. The van der Waals surface area contributed by atoms with Gasteiger partial charge in [-0.15, -0.1) is 10.2 Å². The summed E-state index contributed by atoms with van der Waals surface area (Å²) >= 11 is 2.82. The van der Waals surface area contributed by atoms with E-state index >= 15 is 0 Å². The van der Waals surface area contributed by atoms with Crippen LogP contribution >= 0.6 is 23.3 Å². The topological polar surface area (TPSA) is 78.6 Å². The second-order valence-electron chi connectivity index (χ2n) is 5.49. The summed E-state index contributed by atoms with van der Waals surface area (Å²) in [5.74, 6) is 2.29. The molecule has 9 heteroatoms. The lowest BCUT2D eigenvalue weighted by atomic mass is 10.3. The van der Waals surface area contributed by atoms with Crippen LogP contribution in [0.3, 0.4) is 0 Å². The largest absolute Gasteiger partial charge is 0.497 e. The molecule has 0 N–H and O–H groups in total. The highest BCUT2D eigenvalue weighted by molar-refractivity contribution is 8.00. The minimum atomic E-state index is 0.670. The van der Waals surface area contributed by atoms with Gasteiger partial charge in [-0.05, 0) is 59.7 Å². The molecule has 0 unspecified atom stereocenters. The maximum atomic E-state index is 5.27. The standard InChI is InChI=1S/C18H16N6OS2/c1-3-15-20-18(27-23-15)26-17-22-21-16(14-6-4-5-11-19-14)24(17)12-7-9-13(25-2)10-8-12/h4-11H,3H2,1-2H3. The Morgan fingerprint density at radius 3 is 2.63 bits per heavy atom. The third kappa shape index (κ3) is 3.69. The van der Waals surface area contributed by atoms with Crippen molar-refractivity contribution in [2.24, 2.45) is 0 Å². The molecule has 7 nitrogen and oxygen atoms in total. The number of hydrogen-bond acceptors (Lipinski definition) is 8.